The molecule has 10 rings (SSSR count). The molecule has 0 aliphatic carbocycles. The van der Waals surface area contributed by atoms with E-state index in [-0.39, 0.29) is 110 Å². The molecule has 0 radical (unpaired) electrons. The Balaban J connectivity index is 1.32. The Morgan fingerprint density at radius 3 is 0.688 bits per heavy atom. The quantitative estimate of drug-likeness (QED) is 0.0675. The Hall–Kier alpha value is -7.32. The molecule has 3 unspecified atom stereocenters. The van der Waals surface area contributed by atoms with Crippen molar-refractivity contribution in [3.05, 3.63) is 206 Å². The fourth-order valence-electron chi connectivity index (χ4n) is 15.0. The molecule has 0 fully saturated rings. The summed E-state index contributed by atoms with van der Waals surface area (Å²) < 4.78 is 17.2. The van der Waals surface area contributed by atoms with Crippen molar-refractivity contribution in [3.8, 4) is 34.5 Å². The number of phenols is 6. The monoisotopic (exact) mass is 1360 g/mol. The zero-order valence-corrected chi connectivity index (χ0v) is 60.0. The van der Waals surface area contributed by atoms with Gasteiger partial charge in [-0.05, 0) is 128 Å². The maximum Gasteiger partial charge on any atom is 0.323 e. The molecule has 15 nitrogen and oxygen atoms in total. The second-order valence-corrected chi connectivity index (χ2v) is 29.5. The van der Waals surface area contributed by atoms with Gasteiger partial charge in [0.25, 0.3) is 0 Å². The Morgan fingerprint density at radius 1 is 0.344 bits per heavy atom. The van der Waals surface area contributed by atoms with Crippen molar-refractivity contribution in [3.63, 3.8) is 0 Å². The minimum Gasteiger partial charge on any atom is -0.507 e. The number of ether oxygens (including phenoxy) is 3. The van der Waals surface area contributed by atoms with Crippen LogP contribution in [-0.2, 0) is 124 Å². The molecule has 0 saturated heterocycles. The number of rotatable bonds is 6. The molecule has 0 spiro atoms. The minimum absolute atomic E-state index is 0.0184. The van der Waals surface area contributed by atoms with Crippen LogP contribution in [0.2, 0.25) is 0 Å². The van der Waals surface area contributed by atoms with Gasteiger partial charge in [0.15, 0.2) is 0 Å². The smallest absolute Gasteiger partial charge is 0.323 e. The Labute approximate surface area is 578 Å². The van der Waals surface area contributed by atoms with Gasteiger partial charge in [0.05, 0.1) is 21.3 Å². The Bertz CT molecular complexity index is 3500. The molecule has 510 valence electrons. The number of hydrogen-bond donors (Lipinski definition) is 6. The summed E-state index contributed by atoms with van der Waals surface area (Å²) in [5, 5.41) is 76.4. The van der Waals surface area contributed by atoms with Gasteiger partial charge in [-0.15, -0.1) is 0 Å². The fourth-order valence-corrected chi connectivity index (χ4v) is 18.7. The number of nitrogens with zero attached hydrogens (tertiary/aromatic N) is 3. The molecule has 0 aromatic heterocycles. The van der Waals surface area contributed by atoms with E-state index in [1.807, 2.05) is 129 Å². The number of phenolic OH excluding ortho intramolecular Hbond substituents is 6. The number of fused-ring (bicyclic) bond motifs is 24. The summed E-state index contributed by atoms with van der Waals surface area (Å²) in [6.07, 6.45) is 2.35. The molecule has 0 saturated carbocycles. The van der Waals surface area contributed by atoms with Crippen molar-refractivity contribution >= 4 is 53.2 Å². The third-order valence-electron chi connectivity index (χ3n) is 19.4. The molecule has 0 amide bonds. The molecule has 7 aromatic rings. The maximum absolute atomic E-state index is 14.8. The van der Waals surface area contributed by atoms with E-state index >= 15 is 0 Å². The Morgan fingerprint density at radius 2 is 0.521 bits per heavy atom. The number of benzene rings is 7. The average molecular weight is 1360 g/mol. The number of hydrogen-bond acceptors (Lipinski definition) is 18. The fraction of sp³-hybridized carbons (Fsp3) is 0.423. The predicted molar refractivity (Wildman–Crippen MR) is 384 cm³/mol. The molecular formula is C78H93N3O12S3. The lowest BCUT2D eigenvalue weighted by atomic mass is 9.85. The summed E-state index contributed by atoms with van der Waals surface area (Å²) in [7, 11) is 4.15. The van der Waals surface area contributed by atoms with Crippen LogP contribution >= 0.6 is 35.3 Å². The van der Waals surface area contributed by atoms with Gasteiger partial charge in [-0.3, -0.25) is 29.1 Å². The first kappa shape index (κ1) is 71.5. The van der Waals surface area contributed by atoms with E-state index in [1.165, 1.54) is 38.0 Å². The molecule has 96 heavy (non-hydrogen) atoms. The van der Waals surface area contributed by atoms with Crippen molar-refractivity contribution in [1.29, 1.82) is 0 Å². The highest BCUT2D eigenvalue weighted by Crippen LogP contribution is 2.43. The van der Waals surface area contributed by atoms with Crippen LogP contribution in [0.15, 0.2) is 72.8 Å². The maximum atomic E-state index is 14.8. The van der Waals surface area contributed by atoms with Crippen molar-refractivity contribution in [2.24, 2.45) is 0 Å². The summed E-state index contributed by atoms with van der Waals surface area (Å²) in [4.78, 5) is 50.3. The lowest BCUT2D eigenvalue weighted by molar-refractivity contribution is -0.147. The van der Waals surface area contributed by atoms with Gasteiger partial charge in [-0.25, -0.2) is 0 Å². The topological polar surface area (TPSA) is 210 Å². The molecule has 3 heterocycles. The predicted octanol–water partition coefficient (Wildman–Crippen LogP) is 13.6. The molecule has 3 atom stereocenters. The largest absolute Gasteiger partial charge is 0.507 e. The molecular weight excluding hydrogens is 1270 g/mol. The van der Waals surface area contributed by atoms with Crippen LogP contribution < -0.4 is 0 Å². The standard InChI is InChI=1S/C78H93N3O12S3/c1-13-61-64-37-94-40-67(76(88)91-10)79-31-55-22-43(4)16-49(70(55)82)28-50-17-44(5)23-56(71(50)83)32-80-34-58-25-46(7)19-52(73(58)85)30-54-21-48(9)27-60(75(54)87)36-81(35-59-26-47(8)20-53(74(59)86)29-51-18-45(6)24-57(33-79)72(51)84)69(78(90)93-12)42-96-39-66(62(64)14-2)63(15-3)65(61)38-95-41-68(80)77(89)92-11/h16-27,67-69,82-87H,13-15,28-42H2,1-12H3. The summed E-state index contributed by atoms with van der Waals surface area (Å²) in [6.45, 7) is 18.5. The van der Waals surface area contributed by atoms with E-state index in [1.54, 1.807) is 35.3 Å². The molecule has 7 aromatic carbocycles. The first-order chi connectivity index (χ1) is 45.9. The lowest BCUT2D eigenvalue weighted by Gasteiger charge is -2.33. The zero-order chi connectivity index (χ0) is 69.0. The zero-order valence-electron chi connectivity index (χ0n) is 57.6. The van der Waals surface area contributed by atoms with Crippen LogP contribution in [0.25, 0.3) is 0 Å². The summed E-state index contributed by atoms with van der Waals surface area (Å²) in [5.41, 5.74) is 18.3. The van der Waals surface area contributed by atoms with Crippen LogP contribution in [0.5, 0.6) is 34.5 Å². The minimum atomic E-state index is -0.906. The van der Waals surface area contributed by atoms with Crippen molar-refractivity contribution < 1.29 is 59.2 Å². The molecule has 18 bridgehead atoms. The normalized spacial score (nSPS) is 19.6. The second kappa shape index (κ2) is 31.0. The van der Waals surface area contributed by atoms with Crippen LogP contribution in [0.4, 0.5) is 0 Å². The first-order valence-corrected chi connectivity index (χ1v) is 36.7. The van der Waals surface area contributed by atoms with E-state index in [4.69, 9.17) is 14.2 Å². The van der Waals surface area contributed by atoms with Gasteiger partial charge in [0.1, 0.15) is 52.6 Å². The molecule has 18 heteroatoms. The number of aryl methyl sites for hydroxylation is 6. The third kappa shape index (κ3) is 15.5. The van der Waals surface area contributed by atoms with Gasteiger partial charge < -0.3 is 44.8 Å². The number of carbonyl (C=O) groups is 3. The van der Waals surface area contributed by atoms with Crippen molar-refractivity contribution in [2.75, 3.05) is 38.6 Å². The van der Waals surface area contributed by atoms with E-state index < -0.39 is 36.0 Å². The number of esters is 3. The highest BCUT2D eigenvalue weighted by Gasteiger charge is 2.36. The molecule has 6 N–H and O–H groups in total. The Kier molecular flexibility index (Phi) is 23.1. The van der Waals surface area contributed by atoms with Crippen LogP contribution in [0.1, 0.15) is 154 Å². The van der Waals surface area contributed by atoms with Gasteiger partial charge >= 0.3 is 17.9 Å². The summed E-state index contributed by atoms with van der Waals surface area (Å²) in [5.74, 6) is 0.720. The first-order valence-electron chi connectivity index (χ1n) is 33.2. The number of carbonyl (C=O) groups excluding carboxylic acids is 3. The van der Waals surface area contributed by atoms with Crippen molar-refractivity contribution in [1.82, 2.24) is 14.7 Å². The van der Waals surface area contributed by atoms with E-state index in [0.717, 1.165) is 50.1 Å². The van der Waals surface area contributed by atoms with Gasteiger partial charge in [-0.2, -0.15) is 35.3 Å². The number of thioether (sulfide) groups is 3. The number of methoxy groups -OCH3 is 3. The van der Waals surface area contributed by atoms with Gasteiger partial charge in [-0.1, -0.05) is 127 Å². The SMILES string of the molecule is CCc1c2c(CC)c3c(CC)c1CSCC(C(=O)OC)N1Cc4cc(C)cc(c4O)Cc4cc(C)cc(c4O)CN(Cc4cc(C)cc(c4O)Cc4cc(C)cc(c4O)CN(Cc4cc(C)cc(c4O)Cc4cc(C)cc(c4O)C1)C(C(=O)OC)CSC3)C(C(=O)OC)CSC2. The van der Waals surface area contributed by atoms with E-state index in [9.17, 15) is 45.0 Å². The van der Waals surface area contributed by atoms with Crippen LogP contribution in [0, 0.1) is 41.5 Å². The van der Waals surface area contributed by atoms with Gasteiger partial charge in [0, 0.05) is 126 Å². The van der Waals surface area contributed by atoms with Gasteiger partial charge in [0.2, 0.25) is 0 Å². The van der Waals surface area contributed by atoms with Crippen LogP contribution in [-0.4, -0.2) is 120 Å². The number of aromatic hydroxyl groups is 6. The molecule has 3 aliphatic rings. The van der Waals surface area contributed by atoms with E-state index in [2.05, 4.69) is 20.8 Å². The van der Waals surface area contributed by atoms with E-state index in [0.29, 0.717) is 103 Å². The second-order valence-electron chi connectivity index (χ2n) is 26.4. The summed E-state index contributed by atoms with van der Waals surface area (Å²) >= 11 is 4.85. The lowest BCUT2D eigenvalue weighted by Crippen LogP contribution is -2.43. The van der Waals surface area contributed by atoms with Crippen molar-refractivity contribution in [2.45, 2.75) is 175 Å². The third-order valence-corrected chi connectivity index (χ3v) is 22.5. The highest BCUT2D eigenvalue weighted by molar-refractivity contribution is 7.99. The molecule has 3 aliphatic heterocycles. The average Bonchev–Trinajstić information content (AvgIpc) is 0.768. The summed E-state index contributed by atoms with van der Waals surface area (Å²) in [6, 6.07) is 20.1. The highest BCUT2D eigenvalue weighted by atomic mass is 32.2. The van der Waals surface area contributed by atoms with Crippen LogP contribution in [0.3, 0.4) is 0 Å².